The first-order valence-electron chi connectivity index (χ1n) is 8.79. The summed E-state index contributed by atoms with van der Waals surface area (Å²) in [7, 11) is 0. The second-order valence-corrected chi connectivity index (χ2v) is 6.57. The zero-order valence-corrected chi connectivity index (χ0v) is 15.3. The molecule has 0 bridgehead atoms. The molecule has 27 heavy (non-hydrogen) atoms. The summed E-state index contributed by atoms with van der Waals surface area (Å²) in [6, 6.07) is 12.9. The van der Waals surface area contributed by atoms with Gasteiger partial charge in [0, 0.05) is 11.7 Å². The number of nitrogens with one attached hydrogen (secondary N) is 4. The number of amides is 3. The van der Waals surface area contributed by atoms with Crippen molar-refractivity contribution in [1.29, 1.82) is 0 Å². The lowest BCUT2D eigenvalue weighted by atomic mass is 10.1. The fourth-order valence-electron chi connectivity index (χ4n) is 2.54. The van der Waals surface area contributed by atoms with Gasteiger partial charge in [0.25, 0.3) is 5.91 Å². The van der Waals surface area contributed by atoms with Crippen molar-refractivity contribution < 1.29 is 14.4 Å². The largest absolute Gasteiger partial charge is 0.355 e. The molecule has 1 aliphatic carbocycles. The van der Waals surface area contributed by atoms with Crippen molar-refractivity contribution >= 4 is 29.1 Å². The number of para-hydroxylation sites is 1. The Balaban J connectivity index is 1.67. The van der Waals surface area contributed by atoms with Crippen LogP contribution in [0.25, 0.3) is 0 Å². The van der Waals surface area contributed by atoms with Crippen LogP contribution in [0.5, 0.6) is 0 Å². The quantitative estimate of drug-likeness (QED) is 0.492. The maximum Gasteiger partial charge on any atom is 0.327 e. The number of aryl methyl sites for hydroxylation is 1. The monoisotopic (exact) mass is 366 g/mol. The normalized spacial score (nSPS) is 12.8. The first-order chi connectivity index (χ1) is 13.0. The Morgan fingerprint density at radius 1 is 0.852 bits per heavy atom. The van der Waals surface area contributed by atoms with Gasteiger partial charge in [0.2, 0.25) is 0 Å². The highest BCUT2D eigenvalue weighted by Gasteiger charge is 2.26. The lowest BCUT2D eigenvalue weighted by Crippen LogP contribution is -2.49. The van der Waals surface area contributed by atoms with E-state index in [1.165, 1.54) is 0 Å². The summed E-state index contributed by atoms with van der Waals surface area (Å²) in [5.41, 5.74) is 8.49. The van der Waals surface area contributed by atoms with E-state index >= 15 is 0 Å². The SMILES string of the molecule is Cc1cccc(Nc2ccccc2C(=O)NNC(=O)C(=O)NC2CC2)c1C. The van der Waals surface area contributed by atoms with E-state index in [0.29, 0.717) is 11.3 Å². The average Bonchev–Trinajstić information content (AvgIpc) is 3.47. The molecule has 1 saturated carbocycles. The standard InChI is InChI=1S/C20H22N4O3/c1-12-6-5-9-16(13(12)2)22-17-8-4-3-7-15(17)18(25)23-24-20(27)19(26)21-14-10-11-14/h3-9,14,22H,10-11H2,1-2H3,(H,21,26)(H,23,25)(H,24,27). The maximum atomic E-state index is 12.5. The molecule has 0 radical (unpaired) electrons. The molecule has 2 aromatic rings. The van der Waals surface area contributed by atoms with E-state index in [9.17, 15) is 14.4 Å². The van der Waals surface area contributed by atoms with Crippen LogP contribution in [0.2, 0.25) is 0 Å². The van der Waals surface area contributed by atoms with Crippen molar-refractivity contribution in [2.24, 2.45) is 0 Å². The number of hydrogen-bond acceptors (Lipinski definition) is 4. The molecule has 0 heterocycles. The van der Waals surface area contributed by atoms with Gasteiger partial charge in [-0.05, 0) is 56.0 Å². The molecule has 1 aliphatic rings. The summed E-state index contributed by atoms with van der Waals surface area (Å²) >= 11 is 0. The summed E-state index contributed by atoms with van der Waals surface area (Å²) in [6.45, 7) is 4.01. The molecule has 0 unspecified atom stereocenters. The van der Waals surface area contributed by atoms with Crippen LogP contribution >= 0.6 is 0 Å². The van der Waals surface area contributed by atoms with E-state index in [2.05, 4.69) is 21.5 Å². The van der Waals surface area contributed by atoms with Crippen molar-refractivity contribution in [3.63, 3.8) is 0 Å². The van der Waals surface area contributed by atoms with Gasteiger partial charge in [-0.3, -0.25) is 25.2 Å². The zero-order valence-electron chi connectivity index (χ0n) is 15.3. The Kier molecular flexibility index (Phi) is 5.40. The highest BCUT2D eigenvalue weighted by atomic mass is 16.2. The van der Waals surface area contributed by atoms with Crippen LogP contribution in [-0.4, -0.2) is 23.8 Å². The second-order valence-electron chi connectivity index (χ2n) is 6.57. The summed E-state index contributed by atoms with van der Waals surface area (Å²) < 4.78 is 0. The van der Waals surface area contributed by atoms with Gasteiger partial charge in [-0.2, -0.15) is 0 Å². The third-order valence-electron chi connectivity index (χ3n) is 4.45. The number of carbonyl (C=O) groups excluding carboxylic acids is 3. The molecular weight excluding hydrogens is 344 g/mol. The smallest absolute Gasteiger partial charge is 0.327 e. The molecule has 0 atom stereocenters. The highest BCUT2D eigenvalue weighted by Crippen LogP contribution is 2.25. The first-order valence-corrected chi connectivity index (χ1v) is 8.79. The average molecular weight is 366 g/mol. The van der Waals surface area contributed by atoms with Gasteiger partial charge in [0.1, 0.15) is 0 Å². The van der Waals surface area contributed by atoms with Crippen molar-refractivity contribution in [1.82, 2.24) is 16.2 Å². The van der Waals surface area contributed by atoms with Gasteiger partial charge in [0.05, 0.1) is 11.3 Å². The minimum Gasteiger partial charge on any atom is -0.355 e. The number of hydrazine groups is 1. The number of anilines is 2. The van der Waals surface area contributed by atoms with Crippen LogP contribution < -0.4 is 21.5 Å². The van der Waals surface area contributed by atoms with E-state index in [1.807, 2.05) is 38.1 Å². The Morgan fingerprint density at radius 2 is 1.56 bits per heavy atom. The number of benzene rings is 2. The molecule has 0 aromatic heterocycles. The van der Waals surface area contributed by atoms with Crippen LogP contribution in [0.1, 0.15) is 34.3 Å². The molecule has 4 N–H and O–H groups in total. The lowest BCUT2D eigenvalue weighted by Gasteiger charge is -2.15. The third kappa shape index (κ3) is 4.63. The lowest BCUT2D eigenvalue weighted by molar-refractivity contribution is -0.139. The first kappa shape index (κ1) is 18.4. The van der Waals surface area contributed by atoms with Crippen molar-refractivity contribution in [3.8, 4) is 0 Å². The van der Waals surface area contributed by atoms with E-state index < -0.39 is 17.7 Å². The fourth-order valence-corrected chi connectivity index (χ4v) is 2.54. The van der Waals surface area contributed by atoms with Crippen molar-refractivity contribution in [2.75, 3.05) is 5.32 Å². The molecule has 0 aliphatic heterocycles. The Bertz CT molecular complexity index is 891. The molecule has 7 heteroatoms. The molecule has 7 nitrogen and oxygen atoms in total. The Labute approximate surface area is 157 Å². The van der Waals surface area contributed by atoms with Gasteiger partial charge in [-0.15, -0.1) is 0 Å². The van der Waals surface area contributed by atoms with Gasteiger partial charge in [-0.25, -0.2) is 0 Å². The topological polar surface area (TPSA) is 99.3 Å². The minimum atomic E-state index is -0.893. The summed E-state index contributed by atoms with van der Waals surface area (Å²) in [5.74, 6) is -2.16. The molecule has 2 aromatic carbocycles. The number of carbonyl (C=O) groups is 3. The van der Waals surface area contributed by atoms with Gasteiger partial charge < -0.3 is 10.6 Å². The Morgan fingerprint density at radius 3 is 2.30 bits per heavy atom. The minimum absolute atomic E-state index is 0.0708. The summed E-state index contributed by atoms with van der Waals surface area (Å²) in [4.78, 5) is 35.9. The molecule has 140 valence electrons. The molecule has 3 rings (SSSR count). The fraction of sp³-hybridized carbons (Fsp3) is 0.250. The molecule has 0 saturated heterocycles. The second kappa shape index (κ2) is 7.90. The third-order valence-corrected chi connectivity index (χ3v) is 4.45. The summed E-state index contributed by atoms with van der Waals surface area (Å²) in [5, 5.41) is 5.81. The molecular formula is C20H22N4O3. The zero-order chi connectivity index (χ0) is 19.4. The van der Waals surface area contributed by atoms with Crippen molar-refractivity contribution in [2.45, 2.75) is 32.7 Å². The van der Waals surface area contributed by atoms with Crippen LogP contribution in [-0.2, 0) is 9.59 Å². The maximum absolute atomic E-state index is 12.5. The van der Waals surface area contributed by atoms with Crippen LogP contribution in [0, 0.1) is 13.8 Å². The summed E-state index contributed by atoms with van der Waals surface area (Å²) in [6.07, 6.45) is 1.76. The van der Waals surface area contributed by atoms with Crippen molar-refractivity contribution in [3.05, 3.63) is 59.2 Å². The number of rotatable bonds is 4. The van der Waals surface area contributed by atoms with E-state index in [-0.39, 0.29) is 6.04 Å². The van der Waals surface area contributed by atoms with Gasteiger partial charge in [-0.1, -0.05) is 24.3 Å². The Hall–Kier alpha value is -3.35. The molecule has 3 amide bonds. The predicted octanol–water partition coefficient (Wildman–Crippen LogP) is 2.09. The molecule has 1 fully saturated rings. The van der Waals surface area contributed by atoms with Crippen LogP contribution in [0.3, 0.4) is 0 Å². The number of hydrogen-bond donors (Lipinski definition) is 4. The van der Waals surface area contributed by atoms with Crippen LogP contribution in [0.15, 0.2) is 42.5 Å². The van der Waals surface area contributed by atoms with Gasteiger partial charge >= 0.3 is 11.8 Å². The highest BCUT2D eigenvalue weighted by molar-refractivity contribution is 6.35. The van der Waals surface area contributed by atoms with Gasteiger partial charge in [0.15, 0.2) is 0 Å². The van der Waals surface area contributed by atoms with E-state index in [4.69, 9.17) is 0 Å². The van der Waals surface area contributed by atoms with Crippen LogP contribution in [0.4, 0.5) is 11.4 Å². The predicted molar refractivity (Wildman–Crippen MR) is 102 cm³/mol. The molecule has 0 spiro atoms. The van der Waals surface area contributed by atoms with E-state index in [0.717, 1.165) is 29.7 Å². The van der Waals surface area contributed by atoms with E-state index in [1.54, 1.807) is 18.2 Å².